The minimum absolute atomic E-state index is 0.267. The van der Waals surface area contributed by atoms with Gasteiger partial charge >= 0.3 is 0 Å². The first-order chi connectivity index (χ1) is 13.7. The Morgan fingerprint density at radius 1 is 1.21 bits per heavy atom. The first kappa shape index (κ1) is 18.0. The summed E-state index contributed by atoms with van der Waals surface area (Å²) in [5.74, 6) is 0.535. The molecule has 1 aliphatic heterocycles. The fraction of sp³-hybridized carbons (Fsp3) is 0.286. The Bertz CT molecular complexity index is 994. The number of hydrogen-bond donors (Lipinski definition) is 1. The molecular formula is C21H21N7. The van der Waals surface area contributed by atoms with Crippen LogP contribution in [0, 0.1) is 18.3 Å². The molecule has 1 unspecified atom stereocenters. The molecule has 0 amide bonds. The van der Waals surface area contributed by atoms with Gasteiger partial charge in [-0.15, -0.1) is 0 Å². The van der Waals surface area contributed by atoms with Gasteiger partial charge in [0.1, 0.15) is 11.8 Å². The summed E-state index contributed by atoms with van der Waals surface area (Å²) in [6.45, 7) is 3.98. The summed E-state index contributed by atoms with van der Waals surface area (Å²) in [6.07, 6.45) is 9.44. The molecule has 1 atom stereocenters. The average molecular weight is 371 g/mol. The van der Waals surface area contributed by atoms with Crippen LogP contribution < -0.4 is 5.32 Å². The van der Waals surface area contributed by atoms with Crippen LogP contribution >= 0.6 is 0 Å². The standard InChI is InChI=1S/C21H21N7/c1-15-9-16(12-23-11-15)14-28-8-2-3-20(28)19-6-7-24-21(27-19)26-18-5-4-17(10-22)25-13-18/h4-7,9,11-13,20H,2-3,8,14H2,1H3,(H,24,26,27). The first-order valence-electron chi connectivity index (χ1n) is 9.32. The second-order valence-electron chi connectivity index (χ2n) is 6.97. The fourth-order valence-corrected chi connectivity index (χ4v) is 3.57. The molecule has 1 aliphatic rings. The minimum atomic E-state index is 0.267. The zero-order valence-electron chi connectivity index (χ0n) is 15.7. The van der Waals surface area contributed by atoms with Gasteiger partial charge in [0.05, 0.1) is 23.6 Å². The number of rotatable bonds is 5. The Hall–Kier alpha value is -3.37. The molecule has 1 fully saturated rings. The summed E-state index contributed by atoms with van der Waals surface area (Å²) in [4.78, 5) is 19.9. The molecule has 0 radical (unpaired) electrons. The Morgan fingerprint density at radius 3 is 2.93 bits per heavy atom. The van der Waals surface area contributed by atoms with Crippen LogP contribution in [0.1, 0.15) is 41.4 Å². The van der Waals surface area contributed by atoms with E-state index in [0.29, 0.717) is 11.6 Å². The topological polar surface area (TPSA) is 90.6 Å². The van der Waals surface area contributed by atoms with Crippen molar-refractivity contribution in [2.75, 3.05) is 11.9 Å². The van der Waals surface area contributed by atoms with Crippen LogP contribution in [0.3, 0.4) is 0 Å². The van der Waals surface area contributed by atoms with Crippen molar-refractivity contribution in [3.8, 4) is 6.07 Å². The number of aryl methyl sites for hydroxylation is 1. The van der Waals surface area contributed by atoms with Crippen molar-refractivity contribution in [2.24, 2.45) is 0 Å². The van der Waals surface area contributed by atoms with E-state index in [1.165, 1.54) is 11.1 Å². The molecule has 3 aromatic rings. The van der Waals surface area contributed by atoms with E-state index in [1.807, 2.05) is 24.5 Å². The maximum absolute atomic E-state index is 8.86. The van der Waals surface area contributed by atoms with Gasteiger partial charge in [-0.1, -0.05) is 6.07 Å². The van der Waals surface area contributed by atoms with Crippen LogP contribution in [0.2, 0.25) is 0 Å². The van der Waals surface area contributed by atoms with Crippen molar-refractivity contribution in [2.45, 2.75) is 32.4 Å². The molecule has 0 aliphatic carbocycles. The molecular weight excluding hydrogens is 350 g/mol. The lowest BCUT2D eigenvalue weighted by atomic mass is 10.1. The van der Waals surface area contributed by atoms with E-state index in [0.717, 1.165) is 37.3 Å². The number of pyridine rings is 2. The largest absolute Gasteiger partial charge is 0.323 e. The van der Waals surface area contributed by atoms with Crippen molar-refractivity contribution in [3.63, 3.8) is 0 Å². The lowest BCUT2D eigenvalue weighted by Gasteiger charge is -2.24. The third kappa shape index (κ3) is 4.13. The van der Waals surface area contributed by atoms with Crippen LogP contribution in [-0.2, 0) is 6.54 Å². The quantitative estimate of drug-likeness (QED) is 0.733. The number of nitrogens with zero attached hydrogens (tertiary/aromatic N) is 6. The second kappa shape index (κ2) is 8.11. The third-order valence-electron chi connectivity index (χ3n) is 4.83. The van der Waals surface area contributed by atoms with Crippen molar-refractivity contribution in [3.05, 3.63) is 71.6 Å². The lowest BCUT2D eigenvalue weighted by Crippen LogP contribution is -2.23. The summed E-state index contributed by atoms with van der Waals surface area (Å²) >= 11 is 0. The number of nitriles is 1. The summed E-state index contributed by atoms with van der Waals surface area (Å²) in [5, 5.41) is 12.0. The highest BCUT2D eigenvalue weighted by atomic mass is 15.2. The molecule has 28 heavy (non-hydrogen) atoms. The number of aromatic nitrogens is 4. The van der Waals surface area contributed by atoms with Crippen LogP contribution in [-0.4, -0.2) is 31.4 Å². The van der Waals surface area contributed by atoms with Crippen molar-refractivity contribution >= 4 is 11.6 Å². The number of likely N-dealkylation sites (tertiary alicyclic amines) is 1. The molecule has 1 N–H and O–H groups in total. The monoisotopic (exact) mass is 371 g/mol. The average Bonchev–Trinajstić information content (AvgIpc) is 3.17. The van der Waals surface area contributed by atoms with Crippen molar-refractivity contribution in [1.29, 1.82) is 5.26 Å². The van der Waals surface area contributed by atoms with E-state index in [-0.39, 0.29) is 6.04 Å². The highest BCUT2D eigenvalue weighted by Crippen LogP contribution is 2.32. The van der Waals surface area contributed by atoms with Gasteiger partial charge in [-0.3, -0.25) is 9.88 Å². The van der Waals surface area contributed by atoms with Crippen LogP contribution in [0.4, 0.5) is 11.6 Å². The van der Waals surface area contributed by atoms with Gasteiger partial charge in [-0.05, 0) is 55.6 Å². The van der Waals surface area contributed by atoms with Gasteiger partial charge in [0.15, 0.2) is 0 Å². The molecule has 0 bridgehead atoms. The first-order valence-corrected chi connectivity index (χ1v) is 9.32. The zero-order chi connectivity index (χ0) is 19.3. The van der Waals surface area contributed by atoms with Crippen LogP contribution in [0.25, 0.3) is 0 Å². The van der Waals surface area contributed by atoms with E-state index in [2.05, 4.69) is 38.2 Å². The summed E-state index contributed by atoms with van der Waals surface area (Å²) in [6, 6.07) is 9.92. The second-order valence-corrected chi connectivity index (χ2v) is 6.97. The van der Waals surface area contributed by atoms with E-state index in [4.69, 9.17) is 10.2 Å². The van der Waals surface area contributed by atoms with E-state index in [1.54, 1.807) is 24.5 Å². The van der Waals surface area contributed by atoms with E-state index >= 15 is 0 Å². The zero-order valence-corrected chi connectivity index (χ0v) is 15.7. The summed E-state index contributed by atoms with van der Waals surface area (Å²) in [5.41, 5.74) is 4.55. The SMILES string of the molecule is Cc1cncc(CN2CCCC2c2ccnc(Nc3ccc(C#N)nc3)n2)c1. The molecule has 1 saturated heterocycles. The normalized spacial score (nSPS) is 16.6. The van der Waals surface area contributed by atoms with Gasteiger partial charge < -0.3 is 5.32 Å². The molecule has 0 aromatic carbocycles. The Morgan fingerprint density at radius 2 is 2.14 bits per heavy atom. The van der Waals surface area contributed by atoms with Gasteiger partial charge in [0.2, 0.25) is 5.95 Å². The molecule has 3 aromatic heterocycles. The Kier molecular flexibility index (Phi) is 5.22. The van der Waals surface area contributed by atoms with Gasteiger partial charge in [0, 0.05) is 25.1 Å². The summed E-state index contributed by atoms with van der Waals surface area (Å²) < 4.78 is 0. The smallest absolute Gasteiger partial charge is 0.227 e. The Labute approximate surface area is 164 Å². The van der Waals surface area contributed by atoms with Gasteiger partial charge in [0.25, 0.3) is 0 Å². The molecule has 0 spiro atoms. The molecule has 7 heteroatoms. The van der Waals surface area contributed by atoms with E-state index < -0.39 is 0 Å². The van der Waals surface area contributed by atoms with Crippen LogP contribution in [0.15, 0.2) is 49.1 Å². The third-order valence-corrected chi connectivity index (χ3v) is 4.83. The maximum Gasteiger partial charge on any atom is 0.227 e. The highest BCUT2D eigenvalue weighted by Gasteiger charge is 2.27. The van der Waals surface area contributed by atoms with Crippen molar-refractivity contribution in [1.82, 2.24) is 24.8 Å². The number of anilines is 2. The maximum atomic E-state index is 8.86. The molecule has 0 saturated carbocycles. The van der Waals surface area contributed by atoms with Crippen molar-refractivity contribution < 1.29 is 0 Å². The van der Waals surface area contributed by atoms with E-state index in [9.17, 15) is 0 Å². The molecule has 4 rings (SSSR count). The predicted octanol–water partition coefficient (Wildman–Crippen LogP) is 3.53. The summed E-state index contributed by atoms with van der Waals surface area (Å²) in [7, 11) is 0. The highest BCUT2D eigenvalue weighted by molar-refractivity contribution is 5.52. The predicted molar refractivity (Wildman–Crippen MR) is 106 cm³/mol. The van der Waals surface area contributed by atoms with Gasteiger partial charge in [-0.2, -0.15) is 5.26 Å². The molecule has 140 valence electrons. The Balaban J connectivity index is 1.50. The lowest BCUT2D eigenvalue weighted by molar-refractivity contribution is 0.244. The minimum Gasteiger partial charge on any atom is -0.323 e. The number of nitrogens with one attached hydrogen (secondary N) is 1. The molecule has 4 heterocycles. The fourth-order valence-electron chi connectivity index (χ4n) is 3.57. The van der Waals surface area contributed by atoms with Gasteiger partial charge in [-0.25, -0.2) is 15.0 Å². The number of hydrogen-bond acceptors (Lipinski definition) is 7. The molecule has 7 nitrogen and oxygen atoms in total. The van der Waals surface area contributed by atoms with Crippen LogP contribution in [0.5, 0.6) is 0 Å².